The minimum absolute atomic E-state index is 0.170. The number of carbonyl (C=O) groups excluding carboxylic acids is 1. The number of fused-ring (bicyclic) bond motifs is 1. The molecule has 1 amide bonds. The summed E-state index contributed by atoms with van der Waals surface area (Å²) in [6.45, 7) is 8.00. The topological polar surface area (TPSA) is 53.2 Å². The van der Waals surface area contributed by atoms with Gasteiger partial charge in [-0.05, 0) is 17.5 Å². The summed E-state index contributed by atoms with van der Waals surface area (Å²) in [4.78, 5) is 27.5. The second-order valence-electron chi connectivity index (χ2n) is 3.80. The Balaban J connectivity index is 0.000000829. The monoisotopic (exact) mass is 276 g/mol. The van der Waals surface area contributed by atoms with Gasteiger partial charge in [-0.3, -0.25) is 9.59 Å². The Labute approximate surface area is 120 Å². The smallest absolute Gasteiger partial charge is 0.261 e. The van der Waals surface area contributed by atoms with Crippen LogP contribution in [0, 0.1) is 0 Å². The zero-order valence-corrected chi connectivity index (χ0v) is 13.2. The van der Waals surface area contributed by atoms with E-state index in [1.165, 1.54) is 4.90 Å². The van der Waals surface area contributed by atoms with E-state index in [4.69, 9.17) is 0 Å². The molecule has 0 aliphatic heterocycles. The van der Waals surface area contributed by atoms with Crippen LogP contribution < -0.4 is 5.56 Å². The van der Waals surface area contributed by atoms with Crippen LogP contribution in [0.2, 0.25) is 0 Å². The van der Waals surface area contributed by atoms with Crippen molar-refractivity contribution in [2.45, 2.75) is 27.7 Å². The minimum Gasteiger partial charge on any atom is -0.345 e. The highest BCUT2D eigenvalue weighted by Crippen LogP contribution is 2.10. The van der Waals surface area contributed by atoms with Gasteiger partial charge >= 0.3 is 0 Å². The molecule has 0 unspecified atom stereocenters. The lowest BCUT2D eigenvalue weighted by atomic mass is 10.1. The van der Waals surface area contributed by atoms with Crippen molar-refractivity contribution in [3.8, 4) is 0 Å². The lowest BCUT2D eigenvalue weighted by molar-refractivity contribution is 0.0826. The first kappa shape index (κ1) is 17.9. The number of pyridine rings is 1. The second-order valence-corrected chi connectivity index (χ2v) is 3.80. The molecule has 0 spiro atoms. The number of para-hydroxylation sites is 1. The number of rotatable bonds is 1. The largest absolute Gasteiger partial charge is 0.345 e. The molecule has 0 aliphatic carbocycles. The van der Waals surface area contributed by atoms with Crippen molar-refractivity contribution in [1.82, 2.24) is 9.88 Å². The normalized spacial score (nSPS) is 8.90. The van der Waals surface area contributed by atoms with Crippen molar-refractivity contribution in [2.75, 3.05) is 14.1 Å². The zero-order chi connectivity index (χ0) is 15.7. The van der Waals surface area contributed by atoms with Crippen molar-refractivity contribution >= 4 is 16.8 Å². The van der Waals surface area contributed by atoms with Crippen LogP contribution in [-0.4, -0.2) is 29.9 Å². The SMILES string of the molecule is CC.CC.CN(C)C(=O)c1cc2ccccc2[nH]c1=O. The molecule has 2 rings (SSSR count). The fourth-order valence-electron chi connectivity index (χ4n) is 1.55. The van der Waals surface area contributed by atoms with Gasteiger partial charge < -0.3 is 9.88 Å². The van der Waals surface area contributed by atoms with Crippen molar-refractivity contribution in [3.05, 3.63) is 46.2 Å². The van der Waals surface area contributed by atoms with E-state index >= 15 is 0 Å². The van der Waals surface area contributed by atoms with Crippen LogP contribution in [0.1, 0.15) is 38.1 Å². The summed E-state index contributed by atoms with van der Waals surface area (Å²) < 4.78 is 0. The summed E-state index contributed by atoms with van der Waals surface area (Å²) in [5.74, 6) is -0.285. The first-order valence-corrected chi connectivity index (χ1v) is 6.93. The molecular formula is C16H24N2O2. The fourth-order valence-corrected chi connectivity index (χ4v) is 1.55. The summed E-state index contributed by atoms with van der Waals surface area (Å²) in [6, 6.07) is 8.99. The first-order valence-electron chi connectivity index (χ1n) is 6.93. The number of nitrogens with one attached hydrogen (secondary N) is 1. The Bertz CT molecular complexity index is 601. The number of aromatic nitrogens is 1. The highest BCUT2D eigenvalue weighted by Gasteiger charge is 2.12. The van der Waals surface area contributed by atoms with E-state index < -0.39 is 0 Å². The Morgan fingerprint density at radius 2 is 1.60 bits per heavy atom. The summed E-state index contributed by atoms with van der Waals surface area (Å²) in [5, 5.41) is 0.854. The molecule has 2 aromatic rings. The third-order valence-electron chi connectivity index (χ3n) is 2.39. The summed E-state index contributed by atoms with van der Waals surface area (Å²) in [6.07, 6.45) is 0. The van der Waals surface area contributed by atoms with Crippen LogP contribution in [0.25, 0.3) is 10.9 Å². The van der Waals surface area contributed by atoms with E-state index in [0.717, 1.165) is 10.9 Å². The molecule has 20 heavy (non-hydrogen) atoms. The zero-order valence-electron chi connectivity index (χ0n) is 13.2. The van der Waals surface area contributed by atoms with E-state index in [1.54, 1.807) is 26.2 Å². The lowest BCUT2D eigenvalue weighted by Gasteiger charge is -2.09. The number of hydrogen-bond acceptors (Lipinski definition) is 2. The molecule has 1 N–H and O–H groups in total. The molecule has 0 fully saturated rings. The van der Waals surface area contributed by atoms with Gasteiger partial charge in [0.15, 0.2) is 0 Å². The predicted molar refractivity (Wildman–Crippen MR) is 85.3 cm³/mol. The van der Waals surface area contributed by atoms with Gasteiger partial charge in [0.25, 0.3) is 11.5 Å². The number of amides is 1. The number of nitrogens with zero attached hydrogens (tertiary/aromatic N) is 1. The Hall–Kier alpha value is -2.10. The van der Waals surface area contributed by atoms with Crippen molar-refractivity contribution < 1.29 is 4.79 Å². The van der Waals surface area contributed by atoms with Crippen LogP contribution in [0.15, 0.2) is 35.1 Å². The summed E-state index contributed by atoms with van der Waals surface area (Å²) in [7, 11) is 3.24. The van der Waals surface area contributed by atoms with Gasteiger partial charge in [0, 0.05) is 19.6 Å². The van der Waals surface area contributed by atoms with Crippen molar-refractivity contribution in [3.63, 3.8) is 0 Å². The standard InChI is InChI=1S/C12H12N2O2.2C2H6/c1-14(2)12(16)9-7-8-5-3-4-6-10(8)13-11(9)15;2*1-2/h3-7H,1-2H3,(H,13,15);2*1-2H3. The van der Waals surface area contributed by atoms with Gasteiger partial charge in [-0.1, -0.05) is 45.9 Å². The van der Waals surface area contributed by atoms with E-state index in [0.29, 0.717) is 0 Å². The van der Waals surface area contributed by atoms with Gasteiger partial charge in [-0.2, -0.15) is 0 Å². The van der Waals surface area contributed by atoms with E-state index in [9.17, 15) is 9.59 Å². The Morgan fingerprint density at radius 1 is 1.05 bits per heavy atom. The number of aromatic amines is 1. The second kappa shape index (κ2) is 8.91. The van der Waals surface area contributed by atoms with Gasteiger partial charge in [0.05, 0.1) is 0 Å². The third kappa shape index (κ3) is 4.23. The maximum atomic E-state index is 11.7. The van der Waals surface area contributed by atoms with Gasteiger partial charge in [-0.25, -0.2) is 0 Å². The fraction of sp³-hybridized carbons (Fsp3) is 0.375. The number of benzene rings is 1. The van der Waals surface area contributed by atoms with Crippen LogP contribution >= 0.6 is 0 Å². The highest BCUT2D eigenvalue weighted by molar-refractivity contribution is 5.96. The average molecular weight is 276 g/mol. The summed E-state index contributed by atoms with van der Waals surface area (Å²) in [5.41, 5.74) is 0.559. The maximum Gasteiger partial charge on any atom is 0.261 e. The highest BCUT2D eigenvalue weighted by atomic mass is 16.2. The summed E-state index contributed by atoms with van der Waals surface area (Å²) >= 11 is 0. The quantitative estimate of drug-likeness (QED) is 0.869. The van der Waals surface area contributed by atoms with Gasteiger partial charge in [0.1, 0.15) is 5.56 Å². The molecule has 0 saturated heterocycles. The molecule has 1 aromatic carbocycles. The van der Waals surface area contributed by atoms with Crippen LogP contribution in [0.3, 0.4) is 0 Å². The molecule has 0 bridgehead atoms. The average Bonchev–Trinajstić information content (AvgIpc) is 2.49. The molecule has 4 heteroatoms. The number of hydrogen-bond donors (Lipinski definition) is 1. The lowest BCUT2D eigenvalue weighted by Crippen LogP contribution is -2.28. The Kier molecular flexibility index (Phi) is 7.97. The number of H-pyrrole nitrogens is 1. The molecule has 1 heterocycles. The first-order chi connectivity index (χ1) is 9.59. The van der Waals surface area contributed by atoms with Gasteiger partial charge in [0.2, 0.25) is 0 Å². The third-order valence-corrected chi connectivity index (χ3v) is 2.39. The molecule has 4 nitrogen and oxygen atoms in total. The molecule has 0 aliphatic rings. The molecule has 0 saturated carbocycles. The maximum absolute atomic E-state index is 11.7. The minimum atomic E-state index is -0.350. The van der Waals surface area contributed by atoms with Gasteiger partial charge in [-0.15, -0.1) is 0 Å². The van der Waals surface area contributed by atoms with E-state index in [2.05, 4.69) is 4.98 Å². The molecular weight excluding hydrogens is 252 g/mol. The van der Waals surface area contributed by atoms with Crippen LogP contribution in [-0.2, 0) is 0 Å². The van der Waals surface area contributed by atoms with Crippen LogP contribution in [0.4, 0.5) is 0 Å². The molecule has 0 atom stereocenters. The van der Waals surface area contributed by atoms with Crippen LogP contribution in [0.5, 0.6) is 0 Å². The van der Waals surface area contributed by atoms with Crippen molar-refractivity contribution in [1.29, 1.82) is 0 Å². The van der Waals surface area contributed by atoms with E-state index in [1.807, 2.05) is 45.9 Å². The predicted octanol–water partition coefficient (Wildman–Crippen LogP) is 3.28. The number of carbonyl (C=O) groups is 1. The molecule has 1 aromatic heterocycles. The molecule has 0 radical (unpaired) electrons. The van der Waals surface area contributed by atoms with Crippen molar-refractivity contribution in [2.24, 2.45) is 0 Å². The van der Waals surface area contributed by atoms with E-state index in [-0.39, 0.29) is 17.0 Å². The Morgan fingerprint density at radius 3 is 2.15 bits per heavy atom. The molecule has 110 valence electrons.